The zero-order valence-corrected chi connectivity index (χ0v) is 9.21. The van der Waals surface area contributed by atoms with Crippen LogP contribution in [-0.2, 0) is 6.42 Å². The standard InChI is InChI=1S/C11H13N3O2/c1-7-3-4-12-6-9(7)11-13-10(16-14-11)5-8(2)15/h3-4,6,8,15H,5H2,1-2H3. The molecule has 2 aromatic rings. The Bertz CT molecular complexity index is 480. The zero-order valence-electron chi connectivity index (χ0n) is 9.21. The van der Waals surface area contributed by atoms with Gasteiger partial charge in [-0.15, -0.1) is 0 Å². The maximum Gasteiger partial charge on any atom is 0.229 e. The van der Waals surface area contributed by atoms with E-state index in [0.717, 1.165) is 11.1 Å². The molecule has 5 heteroatoms. The molecular weight excluding hydrogens is 206 g/mol. The molecule has 2 rings (SSSR count). The van der Waals surface area contributed by atoms with Crippen LogP contribution in [0.25, 0.3) is 11.4 Å². The molecule has 1 atom stereocenters. The van der Waals surface area contributed by atoms with E-state index in [1.54, 1.807) is 19.3 Å². The second-order valence-electron chi connectivity index (χ2n) is 3.76. The number of rotatable bonds is 3. The summed E-state index contributed by atoms with van der Waals surface area (Å²) in [4.78, 5) is 8.22. The summed E-state index contributed by atoms with van der Waals surface area (Å²) in [6.07, 6.45) is 3.30. The van der Waals surface area contributed by atoms with Crippen molar-refractivity contribution in [1.82, 2.24) is 15.1 Å². The van der Waals surface area contributed by atoms with Gasteiger partial charge in [0.15, 0.2) is 0 Å². The topological polar surface area (TPSA) is 72.0 Å². The third kappa shape index (κ3) is 2.25. The minimum atomic E-state index is -0.483. The first-order chi connectivity index (χ1) is 7.66. The molecule has 0 aliphatic rings. The van der Waals surface area contributed by atoms with E-state index in [9.17, 15) is 5.11 Å². The minimum absolute atomic E-state index is 0.367. The van der Waals surface area contributed by atoms with Gasteiger partial charge in [0.05, 0.1) is 12.5 Å². The fourth-order valence-electron chi connectivity index (χ4n) is 1.40. The van der Waals surface area contributed by atoms with Crippen LogP contribution in [0, 0.1) is 6.92 Å². The van der Waals surface area contributed by atoms with Crippen LogP contribution in [0.1, 0.15) is 18.4 Å². The highest BCUT2D eigenvalue weighted by atomic mass is 16.5. The van der Waals surface area contributed by atoms with Gasteiger partial charge in [0.2, 0.25) is 11.7 Å². The maximum atomic E-state index is 9.20. The third-order valence-corrected chi connectivity index (χ3v) is 2.22. The summed E-state index contributed by atoms with van der Waals surface area (Å²) in [6.45, 7) is 3.64. The number of pyridine rings is 1. The highest BCUT2D eigenvalue weighted by Gasteiger charge is 2.12. The summed E-state index contributed by atoms with van der Waals surface area (Å²) in [5.41, 5.74) is 1.89. The number of hydrogen-bond donors (Lipinski definition) is 1. The van der Waals surface area contributed by atoms with Gasteiger partial charge in [-0.05, 0) is 25.5 Å². The molecule has 2 heterocycles. The van der Waals surface area contributed by atoms with Gasteiger partial charge in [0, 0.05) is 18.0 Å². The minimum Gasteiger partial charge on any atom is -0.393 e. The average molecular weight is 219 g/mol. The molecule has 1 unspecified atom stereocenters. The molecule has 0 saturated carbocycles. The predicted octanol–water partition coefficient (Wildman–Crippen LogP) is 1.36. The van der Waals surface area contributed by atoms with Crippen LogP contribution in [-0.4, -0.2) is 26.3 Å². The number of hydrogen-bond acceptors (Lipinski definition) is 5. The van der Waals surface area contributed by atoms with Crippen molar-refractivity contribution >= 4 is 0 Å². The van der Waals surface area contributed by atoms with Crippen LogP contribution in [0.5, 0.6) is 0 Å². The van der Waals surface area contributed by atoms with E-state index in [0.29, 0.717) is 18.1 Å². The fourth-order valence-corrected chi connectivity index (χ4v) is 1.40. The van der Waals surface area contributed by atoms with Gasteiger partial charge >= 0.3 is 0 Å². The Balaban J connectivity index is 2.28. The molecule has 2 aromatic heterocycles. The normalized spacial score (nSPS) is 12.7. The highest BCUT2D eigenvalue weighted by Crippen LogP contribution is 2.18. The summed E-state index contributed by atoms with van der Waals surface area (Å²) >= 11 is 0. The summed E-state index contributed by atoms with van der Waals surface area (Å²) in [5.74, 6) is 0.953. The Morgan fingerprint density at radius 3 is 3.00 bits per heavy atom. The summed E-state index contributed by atoms with van der Waals surface area (Å²) < 4.78 is 5.04. The molecule has 0 fully saturated rings. The van der Waals surface area contributed by atoms with Gasteiger partial charge in [-0.3, -0.25) is 4.98 Å². The molecule has 0 aliphatic heterocycles. The van der Waals surface area contributed by atoms with Crippen molar-refractivity contribution < 1.29 is 9.63 Å². The second kappa shape index (κ2) is 4.40. The van der Waals surface area contributed by atoms with E-state index < -0.39 is 6.10 Å². The van der Waals surface area contributed by atoms with Crippen molar-refractivity contribution in [3.05, 3.63) is 29.9 Å². The van der Waals surface area contributed by atoms with E-state index >= 15 is 0 Å². The molecule has 0 aromatic carbocycles. The molecule has 0 aliphatic carbocycles. The molecular formula is C11H13N3O2. The summed E-state index contributed by atoms with van der Waals surface area (Å²) in [6, 6.07) is 1.89. The molecule has 84 valence electrons. The Morgan fingerprint density at radius 1 is 1.50 bits per heavy atom. The van der Waals surface area contributed by atoms with Crippen LogP contribution < -0.4 is 0 Å². The molecule has 0 bridgehead atoms. The van der Waals surface area contributed by atoms with E-state index in [-0.39, 0.29) is 0 Å². The van der Waals surface area contributed by atoms with Crippen LogP contribution >= 0.6 is 0 Å². The first-order valence-electron chi connectivity index (χ1n) is 5.08. The lowest BCUT2D eigenvalue weighted by molar-refractivity contribution is 0.181. The van der Waals surface area contributed by atoms with Gasteiger partial charge in [0.25, 0.3) is 0 Å². The van der Waals surface area contributed by atoms with Crippen LogP contribution in [0.2, 0.25) is 0 Å². The van der Waals surface area contributed by atoms with Crippen molar-refractivity contribution in [3.8, 4) is 11.4 Å². The smallest absolute Gasteiger partial charge is 0.229 e. The highest BCUT2D eigenvalue weighted by molar-refractivity contribution is 5.57. The van der Waals surface area contributed by atoms with Gasteiger partial charge in [-0.25, -0.2) is 0 Å². The number of aryl methyl sites for hydroxylation is 1. The monoisotopic (exact) mass is 219 g/mol. The molecule has 0 amide bonds. The van der Waals surface area contributed by atoms with Gasteiger partial charge < -0.3 is 9.63 Å². The van der Waals surface area contributed by atoms with E-state index in [1.165, 1.54) is 0 Å². The first-order valence-corrected chi connectivity index (χ1v) is 5.08. The van der Waals surface area contributed by atoms with Crippen LogP contribution in [0.3, 0.4) is 0 Å². The molecule has 16 heavy (non-hydrogen) atoms. The van der Waals surface area contributed by atoms with Gasteiger partial charge in [0.1, 0.15) is 0 Å². The van der Waals surface area contributed by atoms with Gasteiger partial charge in [-0.1, -0.05) is 5.16 Å². The van der Waals surface area contributed by atoms with E-state index in [2.05, 4.69) is 15.1 Å². The molecule has 5 nitrogen and oxygen atoms in total. The summed E-state index contributed by atoms with van der Waals surface area (Å²) in [5, 5.41) is 13.1. The van der Waals surface area contributed by atoms with Crippen molar-refractivity contribution in [2.75, 3.05) is 0 Å². The molecule has 1 N–H and O–H groups in total. The number of aliphatic hydroxyl groups is 1. The Labute approximate surface area is 93.1 Å². The largest absolute Gasteiger partial charge is 0.393 e. The van der Waals surface area contributed by atoms with E-state index in [4.69, 9.17) is 4.52 Å². The van der Waals surface area contributed by atoms with Crippen LogP contribution in [0.15, 0.2) is 23.0 Å². The van der Waals surface area contributed by atoms with Crippen molar-refractivity contribution in [3.63, 3.8) is 0 Å². The van der Waals surface area contributed by atoms with E-state index in [1.807, 2.05) is 13.0 Å². The lowest BCUT2D eigenvalue weighted by Crippen LogP contribution is -2.04. The van der Waals surface area contributed by atoms with Crippen LogP contribution in [0.4, 0.5) is 0 Å². The lowest BCUT2D eigenvalue weighted by Gasteiger charge is -1.98. The second-order valence-corrected chi connectivity index (χ2v) is 3.76. The summed E-state index contributed by atoms with van der Waals surface area (Å²) in [7, 11) is 0. The number of nitrogens with zero attached hydrogens (tertiary/aromatic N) is 3. The third-order valence-electron chi connectivity index (χ3n) is 2.22. The lowest BCUT2D eigenvalue weighted by atomic mass is 10.1. The number of aromatic nitrogens is 3. The van der Waals surface area contributed by atoms with Crippen molar-refractivity contribution in [1.29, 1.82) is 0 Å². The molecule has 0 spiro atoms. The average Bonchev–Trinajstić information content (AvgIpc) is 2.66. The maximum absolute atomic E-state index is 9.20. The predicted molar refractivity (Wildman–Crippen MR) is 57.7 cm³/mol. The fraction of sp³-hybridized carbons (Fsp3) is 0.364. The van der Waals surface area contributed by atoms with Crippen molar-refractivity contribution in [2.45, 2.75) is 26.4 Å². The zero-order chi connectivity index (χ0) is 11.5. The SMILES string of the molecule is Cc1ccncc1-c1noc(CC(C)O)n1. The molecule has 0 radical (unpaired) electrons. The quantitative estimate of drug-likeness (QED) is 0.843. The molecule has 0 saturated heterocycles. The Hall–Kier alpha value is -1.75. The Kier molecular flexibility index (Phi) is 2.96. The first kappa shape index (κ1) is 10.8. The van der Waals surface area contributed by atoms with Gasteiger partial charge in [-0.2, -0.15) is 4.98 Å². The Morgan fingerprint density at radius 2 is 2.31 bits per heavy atom. The van der Waals surface area contributed by atoms with Crippen molar-refractivity contribution in [2.24, 2.45) is 0 Å². The number of aliphatic hydroxyl groups excluding tert-OH is 1.